The molecule has 0 aromatic heterocycles. The molecule has 19 heteroatoms. The van der Waals surface area contributed by atoms with Crippen LogP contribution < -0.4 is 0 Å². The second kappa shape index (κ2) is 66.6. The largest absolute Gasteiger partial charge is 0.472 e. The Labute approximate surface area is 581 Å². The highest BCUT2D eigenvalue weighted by Crippen LogP contribution is 2.45. The third-order valence-electron chi connectivity index (χ3n) is 18.4. The second-order valence-electron chi connectivity index (χ2n) is 28.4. The predicted molar refractivity (Wildman–Crippen MR) is 386 cm³/mol. The number of carbonyl (C=O) groups excluding carboxylic acids is 4. The molecular weight excluding hydrogens is 1250 g/mol. The normalized spacial score (nSPS) is 14.6. The lowest BCUT2D eigenvalue weighted by Gasteiger charge is -2.21. The van der Waals surface area contributed by atoms with E-state index in [9.17, 15) is 43.2 Å². The zero-order valence-corrected chi connectivity index (χ0v) is 63.9. The number of rotatable bonds is 74. The molecule has 0 spiro atoms. The topological polar surface area (TPSA) is 237 Å². The number of ether oxygens (including phenoxy) is 4. The van der Waals surface area contributed by atoms with E-state index in [0.29, 0.717) is 25.7 Å². The van der Waals surface area contributed by atoms with Crippen LogP contribution in [0.4, 0.5) is 0 Å². The van der Waals surface area contributed by atoms with Crippen molar-refractivity contribution in [3.63, 3.8) is 0 Å². The molecule has 0 rings (SSSR count). The van der Waals surface area contributed by atoms with Crippen LogP contribution in [0.2, 0.25) is 0 Å². The lowest BCUT2D eigenvalue weighted by molar-refractivity contribution is -0.161. The number of esters is 4. The van der Waals surface area contributed by atoms with E-state index in [4.69, 9.17) is 37.0 Å². The van der Waals surface area contributed by atoms with E-state index in [-0.39, 0.29) is 25.7 Å². The fourth-order valence-corrected chi connectivity index (χ4v) is 13.1. The number of carbonyl (C=O) groups is 4. The van der Waals surface area contributed by atoms with Gasteiger partial charge < -0.3 is 33.8 Å². The minimum absolute atomic E-state index is 0.106. The number of phosphoric ester groups is 2. The second-order valence-corrected chi connectivity index (χ2v) is 31.3. The lowest BCUT2D eigenvalue weighted by atomic mass is 9.99. The van der Waals surface area contributed by atoms with E-state index in [0.717, 1.165) is 114 Å². The fraction of sp³-hybridized carbons (Fsp3) is 0.947. The Bertz CT molecular complexity index is 1860. The van der Waals surface area contributed by atoms with E-state index < -0.39 is 97.5 Å². The van der Waals surface area contributed by atoms with Gasteiger partial charge in [0, 0.05) is 25.7 Å². The van der Waals surface area contributed by atoms with Crippen molar-refractivity contribution in [2.75, 3.05) is 39.6 Å². The fourth-order valence-electron chi connectivity index (χ4n) is 11.5. The van der Waals surface area contributed by atoms with Gasteiger partial charge in [-0.3, -0.25) is 37.3 Å². The molecule has 95 heavy (non-hydrogen) atoms. The monoisotopic (exact) mass is 1400 g/mol. The van der Waals surface area contributed by atoms with E-state index >= 15 is 0 Å². The summed E-state index contributed by atoms with van der Waals surface area (Å²) in [7, 11) is -9.91. The van der Waals surface area contributed by atoms with Gasteiger partial charge in [0.05, 0.1) is 26.4 Å². The number of aliphatic hydroxyl groups excluding tert-OH is 1. The average Bonchev–Trinajstić information content (AvgIpc) is 1.80. The average molecular weight is 1400 g/mol. The smallest absolute Gasteiger partial charge is 0.462 e. The number of phosphoric acid groups is 2. The standard InChI is InChI=1S/C76H148O17P2/c1-8-11-12-13-14-15-16-24-31-36-45-52-59-75(80)93-72(64-87-74(79)58-51-44-39-38-42-49-56-69(7)10-3)66-91-95(84,85)89-62-70(77)61-88-94(82,83)90-65-71(63-86-73(78)57-50-43-35-30-27-26-29-34-41-48-55-68(6)9-2)92-76(81)60-53-46-37-32-25-22-20-18-17-19-21-23-28-33-40-47-54-67(4)5/h67-72,77H,8-66H2,1-7H3,(H,82,83)(H,84,85)/t68?,69?,70-,71-,72-/m1/s1. The molecule has 0 aliphatic carbocycles. The maximum absolute atomic E-state index is 13.1. The first-order valence-corrected chi connectivity index (χ1v) is 42.4. The highest BCUT2D eigenvalue weighted by Gasteiger charge is 2.30. The molecule has 564 valence electrons. The summed E-state index contributed by atoms with van der Waals surface area (Å²) in [6.07, 6.45) is 52.6. The van der Waals surface area contributed by atoms with Crippen LogP contribution in [0.5, 0.6) is 0 Å². The molecule has 0 aliphatic rings. The predicted octanol–water partition coefficient (Wildman–Crippen LogP) is 22.2. The Kier molecular flexibility index (Phi) is 65.2. The summed E-state index contributed by atoms with van der Waals surface area (Å²) in [6.45, 7) is 11.9. The first-order valence-electron chi connectivity index (χ1n) is 39.4. The summed E-state index contributed by atoms with van der Waals surface area (Å²) in [5.74, 6) is 0.232. The van der Waals surface area contributed by atoms with Crippen LogP contribution in [0.1, 0.15) is 389 Å². The van der Waals surface area contributed by atoms with E-state index in [1.165, 1.54) is 193 Å². The van der Waals surface area contributed by atoms with Crippen molar-refractivity contribution >= 4 is 39.5 Å². The Balaban J connectivity index is 5.24. The lowest BCUT2D eigenvalue weighted by Crippen LogP contribution is -2.30. The summed E-state index contributed by atoms with van der Waals surface area (Å²) >= 11 is 0. The van der Waals surface area contributed by atoms with Gasteiger partial charge in [-0.2, -0.15) is 0 Å². The van der Waals surface area contributed by atoms with Crippen LogP contribution in [0.25, 0.3) is 0 Å². The zero-order chi connectivity index (χ0) is 70.1. The molecule has 0 saturated heterocycles. The van der Waals surface area contributed by atoms with Crippen molar-refractivity contribution in [3.8, 4) is 0 Å². The van der Waals surface area contributed by atoms with Gasteiger partial charge in [-0.25, -0.2) is 9.13 Å². The van der Waals surface area contributed by atoms with Gasteiger partial charge in [-0.1, -0.05) is 337 Å². The van der Waals surface area contributed by atoms with Crippen LogP contribution in [-0.2, 0) is 65.4 Å². The minimum atomic E-state index is -4.96. The summed E-state index contributed by atoms with van der Waals surface area (Å²) in [5.41, 5.74) is 0. The van der Waals surface area contributed by atoms with Crippen LogP contribution in [0.3, 0.4) is 0 Å². The van der Waals surface area contributed by atoms with Crippen molar-refractivity contribution in [2.45, 2.75) is 407 Å². The van der Waals surface area contributed by atoms with Gasteiger partial charge >= 0.3 is 39.5 Å². The highest BCUT2D eigenvalue weighted by atomic mass is 31.2. The minimum Gasteiger partial charge on any atom is -0.462 e. The Morgan fingerprint density at radius 3 is 0.800 bits per heavy atom. The van der Waals surface area contributed by atoms with E-state index in [1.54, 1.807) is 0 Å². The van der Waals surface area contributed by atoms with Crippen molar-refractivity contribution < 1.29 is 80.2 Å². The van der Waals surface area contributed by atoms with Gasteiger partial charge in [0.25, 0.3) is 0 Å². The van der Waals surface area contributed by atoms with Crippen molar-refractivity contribution in [3.05, 3.63) is 0 Å². The van der Waals surface area contributed by atoms with Crippen molar-refractivity contribution in [2.24, 2.45) is 17.8 Å². The Morgan fingerprint density at radius 1 is 0.305 bits per heavy atom. The Hall–Kier alpha value is -1.94. The van der Waals surface area contributed by atoms with Gasteiger partial charge in [-0.15, -0.1) is 0 Å². The number of unbranched alkanes of at least 4 members (excludes halogenated alkanes) is 40. The number of hydrogen-bond donors (Lipinski definition) is 3. The van der Waals surface area contributed by atoms with Crippen LogP contribution >= 0.6 is 15.6 Å². The Morgan fingerprint density at radius 2 is 0.537 bits per heavy atom. The molecule has 3 N–H and O–H groups in total. The molecule has 0 aliphatic heterocycles. The first kappa shape index (κ1) is 93.1. The molecule has 0 fully saturated rings. The maximum atomic E-state index is 13.1. The van der Waals surface area contributed by atoms with Gasteiger partial charge in [0.15, 0.2) is 12.2 Å². The summed E-state index contributed by atoms with van der Waals surface area (Å²) in [6, 6.07) is 0. The van der Waals surface area contributed by atoms with E-state index in [2.05, 4.69) is 48.5 Å². The molecular formula is C76H148O17P2. The highest BCUT2D eigenvalue weighted by molar-refractivity contribution is 7.47. The van der Waals surface area contributed by atoms with Crippen LogP contribution in [0.15, 0.2) is 0 Å². The van der Waals surface area contributed by atoms with Gasteiger partial charge in [0.2, 0.25) is 0 Å². The summed E-state index contributed by atoms with van der Waals surface area (Å²) in [4.78, 5) is 72.8. The van der Waals surface area contributed by atoms with Crippen LogP contribution in [-0.4, -0.2) is 96.7 Å². The molecule has 0 heterocycles. The molecule has 0 saturated carbocycles. The first-order chi connectivity index (χ1) is 45.8. The molecule has 7 atom stereocenters. The van der Waals surface area contributed by atoms with Crippen LogP contribution in [0, 0.1) is 17.8 Å². The van der Waals surface area contributed by atoms with Crippen molar-refractivity contribution in [1.29, 1.82) is 0 Å². The third-order valence-corrected chi connectivity index (χ3v) is 20.3. The molecule has 0 aromatic carbocycles. The molecule has 17 nitrogen and oxygen atoms in total. The third kappa shape index (κ3) is 67.6. The molecule has 0 amide bonds. The molecule has 0 radical (unpaired) electrons. The zero-order valence-electron chi connectivity index (χ0n) is 62.1. The quantitative estimate of drug-likeness (QED) is 0.0222. The molecule has 0 aromatic rings. The summed E-state index contributed by atoms with van der Waals surface area (Å²) < 4.78 is 68.5. The maximum Gasteiger partial charge on any atom is 0.472 e. The summed E-state index contributed by atoms with van der Waals surface area (Å²) in [5, 5.41) is 10.6. The van der Waals surface area contributed by atoms with Gasteiger partial charge in [0.1, 0.15) is 19.3 Å². The number of aliphatic hydroxyl groups is 1. The molecule has 4 unspecified atom stereocenters. The molecule has 0 bridgehead atoms. The SMILES string of the molecule is CCCCCCCCCCCCCCC(=O)O[C@H](COC(=O)CCCCCCCCC(C)CC)COP(=O)(O)OC[C@H](O)COP(=O)(O)OC[C@@H](COC(=O)CCCCCCCCCCCCC(C)CC)OC(=O)CCCCCCCCCCCCCCCCCCC(C)C. The van der Waals surface area contributed by atoms with Crippen molar-refractivity contribution in [1.82, 2.24) is 0 Å². The van der Waals surface area contributed by atoms with Gasteiger partial charge in [-0.05, 0) is 43.4 Å². The van der Waals surface area contributed by atoms with E-state index in [1.807, 2.05) is 0 Å². The number of hydrogen-bond acceptors (Lipinski definition) is 15.